The van der Waals surface area contributed by atoms with E-state index in [0.29, 0.717) is 12.8 Å². The zero-order valence-corrected chi connectivity index (χ0v) is 10.9. The van der Waals surface area contributed by atoms with E-state index in [1.54, 1.807) is 12.4 Å². The molecule has 0 aliphatic carbocycles. The van der Waals surface area contributed by atoms with E-state index in [1.807, 2.05) is 20.8 Å². The Morgan fingerprint density at radius 2 is 1.83 bits per heavy atom. The minimum absolute atomic E-state index is 0.108. The van der Waals surface area contributed by atoms with E-state index in [0.717, 1.165) is 11.4 Å². The summed E-state index contributed by atoms with van der Waals surface area (Å²) >= 11 is 0. The van der Waals surface area contributed by atoms with Gasteiger partial charge in [-0.15, -0.1) is 0 Å². The normalized spacial score (nSPS) is 20.7. The highest BCUT2D eigenvalue weighted by atomic mass is 16.2. The molecule has 96 valence electrons. The van der Waals surface area contributed by atoms with Gasteiger partial charge in [0, 0.05) is 29.8 Å². The van der Waals surface area contributed by atoms with Crippen molar-refractivity contribution in [2.45, 2.75) is 44.9 Å². The molecule has 1 aromatic heterocycles. The van der Waals surface area contributed by atoms with Gasteiger partial charge in [-0.25, -0.2) is 9.97 Å². The number of piperidine rings is 1. The minimum atomic E-state index is -0.309. The lowest BCUT2D eigenvalue weighted by atomic mass is 9.91. The summed E-state index contributed by atoms with van der Waals surface area (Å²) < 4.78 is 0. The fourth-order valence-electron chi connectivity index (χ4n) is 1.92. The lowest BCUT2D eigenvalue weighted by Crippen LogP contribution is -2.39. The second-order valence-corrected chi connectivity index (χ2v) is 5.59. The first-order valence-electron chi connectivity index (χ1n) is 6.04. The second-order valence-electron chi connectivity index (χ2n) is 5.59. The molecule has 1 aromatic rings. The molecule has 0 spiro atoms. The number of imide groups is 1. The fourth-order valence-corrected chi connectivity index (χ4v) is 1.92. The first-order valence-corrected chi connectivity index (χ1v) is 6.04. The highest BCUT2D eigenvalue weighted by Gasteiger charge is 2.28. The average molecular weight is 247 g/mol. The molecule has 0 saturated carbocycles. The number of nitrogens with one attached hydrogen (secondary N) is 1. The maximum Gasteiger partial charge on any atom is 0.234 e. The van der Waals surface area contributed by atoms with Crippen molar-refractivity contribution in [1.82, 2.24) is 15.3 Å². The number of carbonyl (C=O) groups is 2. The lowest BCUT2D eigenvalue weighted by molar-refractivity contribution is -0.134. The number of hydrogen-bond donors (Lipinski definition) is 1. The van der Waals surface area contributed by atoms with Crippen molar-refractivity contribution in [3.05, 3.63) is 23.8 Å². The summed E-state index contributed by atoms with van der Waals surface area (Å²) in [5, 5.41) is 2.34. The van der Waals surface area contributed by atoms with Crippen molar-refractivity contribution in [3.63, 3.8) is 0 Å². The first kappa shape index (κ1) is 12.7. The van der Waals surface area contributed by atoms with Crippen LogP contribution in [0.1, 0.15) is 50.9 Å². The average Bonchev–Trinajstić information content (AvgIpc) is 2.28. The van der Waals surface area contributed by atoms with E-state index in [-0.39, 0.29) is 23.1 Å². The Bertz CT molecular complexity index is 474. The Balaban J connectivity index is 2.20. The molecule has 5 heteroatoms. The van der Waals surface area contributed by atoms with Gasteiger partial charge in [-0.3, -0.25) is 14.9 Å². The molecule has 1 unspecified atom stereocenters. The summed E-state index contributed by atoms with van der Waals surface area (Å²) in [5.74, 6) is -0.0166. The number of rotatable bonds is 1. The van der Waals surface area contributed by atoms with E-state index in [2.05, 4.69) is 15.3 Å². The minimum Gasteiger partial charge on any atom is -0.296 e. The third-order valence-electron chi connectivity index (χ3n) is 2.98. The van der Waals surface area contributed by atoms with Gasteiger partial charge in [0.15, 0.2) is 0 Å². The van der Waals surface area contributed by atoms with Gasteiger partial charge in [0.25, 0.3) is 0 Å². The number of aromatic nitrogens is 2. The van der Waals surface area contributed by atoms with E-state index in [1.165, 1.54) is 0 Å². The van der Waals surface area contributed by atoms with E-state index >= 15 is 0 Å². The lowest BCUT2D eigenvalue weighted by Gasteiger charge is -2.21. The van der Waals surface area contributed by atoms with Gasteiger partial charge in [0.05, 0.1) is 5.92 Å². The number of amides is 2. The summed E-state index contributed by atoms with van der Waals surface area (Å²) in [6.45, 7) is 6.11. The van der Waals surface area contributed by atoms with Crippen molar-refractivity contribution in [2.24, 2.45) is 0 Å². The van der Waals surface area contributed by atoms with Crippen LogP contribution in [0, 0.1) is 0 Å². The van der Waals surface area contributed by atoms with Crippen molar-refractivity contribution in [2.75, 3.05) is 0 Å². The van der Waals surface area contributed by atoms with Crippen LogP contribution < -0.4 is 5.32 Å². The van der Waals surface area contributed by atoms with Gasteiger partial charge >= 0.3 is 0 Å². The number of carbonyl (C=O) groups excluding carboxylic acids is 2. The second kappa shape index (κ2) is 4.48. The third-order valence-corrected chi connectivity index (χ3v) is 2.98. The Kier molecular flexibility index (Phi) is 3.15. The van der Waals surface area contributed by atoms with Crippen molar-refractivity contribution in [3.8, 4) is 0 Å². The molecule has 18 heavy (non-hydrogen) atoms. The fraction of sp³-hybridized carbons (Fsp3) is 0.538. The summed E-state index contributed by atoms with van der Waals surface area (Å²) in [5.41, 5.74) is 0.663. The van der Waals surface area contributed by atoms with Crippen LogP contribution in [-0.4, -0.2) is 21.8 Å². The highest BCUT2D eigenvalue weighted by Crippen LogP contribution is 2.25. The van der Waals surface area contributed by atoms with Crippen LogP contribution in [-0.2, 0) is 15.0 Å². The van der Waals surface area contributed by atoms with Crippen LogP contribution in [0.25, 0.3) is 0 Å². The monoisotopic (exact) mass is 247 g/mol. The summed E-state index contributed by atoms with van der Waals surface area (Å²) in [6.07, 6.45) is 4.28. The molecule has 1 aliphatic heterocycles. The van der Waals surface area contributed by atoms with Gasteiger partial charge < -0.3 is 0 Å². The highest BCUT2D eigenvalue weighted by molar-refractivity contribution is 6.00. The van der Waals surface area contributed by atoms with Crippen molar-refractivity contribution in [1.29, 1.82) is 0 Å². The maximum atomic E-state index is 11.7. The van der Waals surface area contributed by atoms with Crippen LogP contribution in [0.4, 0.5) is 0 Å². The molecular formula is C13H17N3O2. The molecule has 1 N–H and O–H groups in total. The van der Waals surface area contributed by atoms with E-state index in [4.69, 9.17) is 0 Å². The zero-order chi connectivity index (χ0) is 13.3. The van der Waals surface area contributed by atoms with Crippen LogP contribution in [0.5, 0.6) is 0 Å². The quantitative estimate of drug-likeness (QED) is 0.759. The molecule has 0 radical (unpaired) electrons. The van der Waals surface area contributed by atoms with Gasteiger partial charge in [0.2, 0.25) is 11.8 Å². The predicted octanol–water partition coefficient (Wildman–Crippen LogP) is 1.29. The molecule has 2 amide bonds. The van der Waals surface area contributed by atoms with Gasteiger partial charge in [0.1, 0.15) is 5.82 Å². The molecule has 1 fully saturated rings. The molecule has 1 aliphatic rings. The first-order chi connectivity index (χ1) is 8.38. The molecule has 0 aromatic carbocycles. The Morgan fingerprint density at radius 1 is 1.22 bits per heavy atom. The standard InChI is InChI=1S/C13H17N3O2/c1-13(2,3)12-14-6-8(7-15-12)9-4-5-10(17)16-11(9)18/h6-7,9H,4-5H2,1-3H3,(H,16,17,18). The topological polar surface area (TPSA) is 72.0 Å². The van der Waals surface area contributed by atoms with Crippen molar-refractivity contribution >= 4 is 11.8 Å². The summed E-state index contributed by atoms with van der Waals surface area (Å²) in [6, 6.07) is 0. The molecule has 0 bridgehead atoms. The zero-order valence-electron chi connectivity index (χ0n) is 10.9. The number of nitrogens with zero attached hydrogens (tertiary/aromatic N) is 2. The van der Waals surface area contributed by atoms with Crippen molar-refractivity contribution < 1.29 is 9.59 Å². The van der Waals surface area contributed by atoms with Crippen LogP contribution in [0.3, 0.4) is 0 Å². The summed E-state index contributed by atoms with van der Waals surface area (Å²) in [4.78, 5) is 31.4. The van der Waals surface area contributed by atoms with Crippen LogP contribution in [0.15, 0.2) is 12.4 Å². The molecule has 2 rings (SSSR count). The predicted molar refractivity (Wildman–Crippen MR) is 65.9 cm³/mol. The molecular weight excluding hydrogens is 230 g/mol. The smallest absolute Gasteiger partial charge is 0.234 e. The third kappa shape index (κ3) is 2.55. The Morgan fingerprint density at radius 3 is 2.33 bits per heavy atom. The van der Waals surface area contributed by atoms with Crippen LogP contribution in [0.2, 0.25) is 0 Å². The van der Waals surface area contributed by atoms with E-state index in [9.17, 15) is 9.59 Å². The molecule has 1 atom stereocenters. The Labute approximate surface area is 106 Å². The SMILES string of the molecule is CC(C)(C)c1ncc(C2CCC(=O)NC2=O)cn1. The molecule has 2 heterocycles. The van der Waals surface area contributed by atoms with Gasteiger partial charge in [-0.1, -0.05) is 20.8 Å². The van der Waals surface area contributed by atoms with Gasteiger partial charge in [-0.05, 0) is 6.42 Å². The molecule has 1 saturated heterocycles. The maximum absolute atomic E-state index is 11.7. The Hall–Kier alpha value is -1.78. The van der Waals surface area contributed by atoms with Crippen LogP contribution >= 0.6 is 0 Å². The van der Waals surface area contributed by atoms with E-state index < -0.39 is 0 Å². The molecule has 5 nitrogen and oxygen atoms in total. The number of hydrogen-bond acceptors (Lipinski definition) is 4. The summed E-state index contributed by atoms with van der Waals surface area (Å²) in [7, 11) is 0. The van der Waals surface area contributed by atoms with Gasteiger partial charge in [-0.2, -0.15) is 0 Å². The largest absolute Gasteiger partial charge is 0.296 e.